The monoisotopic (exact) mass is 598 g/mol. The molecule has 1 atom stereocenters. The first-order valence-corrected chi connectivity index (χ1v) is 12.8. The van der Waals surface area contributed by atoms with Gasteiger partial charge < -0.3 is 20.7 Å². The molecule has 2 amide bonds. The molecule has 34 heavy (non-hydrogen) atoms. The number of carbonyl (C=O) groups is 3. The highest BCUT2D eigenvalue weighted by Crippen LogP contribution is 2.28. The first-order valence-electron chi connectivity index (χ1n) is 10.3. The Morgan fingerprint density at radius 3 is 2.59 bits per heavy atom. The minimum Gasteiger partial charge on any atom is -0.465 e. The number of ether oxygens (including phenoxy) is 1. The molecule has 1 aliphatic rings. The van der Waals surface area contributed by atoms with Crippen LogP contribution >= 0.6 is 22.6 Å². The number of nitrogens with zero attached hydrogens (tertiary/aromatic N) is 1. The zero-order chi connectivity index (χ0) is 24.7. The van der Waals surface area contributed by atoms with E-state index in [2.05, 4.69) is 20.3 Å². The Labute approximate surface area is 210 Å². The molecule has 0 fully saturated rings. The molecule has 0 saturated carbocycles. The van der Waals surface area contributed by atoms with Gasteiger partial charge >= 0.3 is 5.97 Å². The lowest BCUT2D eigenvalue weighted by Gasteiger charge is -2.20. The number of rotatable bonds is 9. The van der Waals surface area contributed by atoms with Gasteiger partial charge in [-0.3, -0.25) is 14.4 Å². The van der Waals surface area contributed by atoms with E-state index in [1.807, 2.05) is 22.6 Å². The maximum Gasteiger partial charge on any atom is 0.315 e. The minimum absolute atomic E-state index is 0.0153. The van der Waals surface area contributed by atoms with Crippen LogP contribution in [-0.2, 0) is 29.1 Å². The van der Waals surface area contributed by atoms with Crippen LogP contribution in [0, 0.1) is 3.57 Å². The molecule has 0 bridgehead atoms. The largest absolute Gasteiger partial charge is 0.465 e. The number of fused-ring (bicyclic) bond motifs is 1. The number of sulfonamides is 1. The molecular weight excluding hydrogens is 575 g/mol. The lowest BCUT2D eigenvalue weighted by molar-refractivity contribution is -0.146. The van der Waals surface area contributed by atoms with Gasteiger partial charge in [0.05, 0.1) is 18.2 Å². The van der Waals surface area contributed by atoms with Crippen LogP contribution in [0.5, 0.6) is 0 Å². The SMILES string of the molecule is CNC(=O)CCCOC(=O)C(CNC(=O)C1=NS(=O)(=O)c2cc(I)ccc2N1)c1ccccc1. The molecule has 3 rings (SSSR count). The van der Waals surface area contributed by atoms with Gasteiger partial charge in [0, 0.05) is 23.6 Å². The molecule has 0 radical (unpaired) electrons. The quantitative estimate of drug-likeness (QED) is 0.227. The molecule has 0 spiro atoms. The summed E-state index contributed by atoms with van der Waals surface area (Å²) in [7, 11) is -2.53. The molecule has 1 heterocycles. The van der Waals surface area contributed by atoms with E-state index in [4.69, 9.17) is 4.74 Å². The van der Waals surface area contributed by atoms with Crippen LogP contribution in [0.4, 0.5) is 5.69 Å². The number of hydrogen-bond acceptors (Lipinski definition) is 7. The van der Waals surface area contributed by atoms with Gasteiger partial charge in [-0.1, -0.05) is 30.3 Å². The van der Waals surface area contributed by atoms with Crippen molar-refractivity contribution < 1.29 is 27.5 Å². The summed E-state index contributed by atoms with van der Waals surface area (Å²) in [5.74, 6) is -2.73. The Balaban J connectivity index is 1.68. The summed E-state index contributed by atoms with van der Waals surface area (Å²) in [6, 6.07) is 13.5. The van der Waals surface area contributed by atoms with Crippen molar-refractivity contribution in [1.29, 1.82) is 0 Å². The van der Waals surface area contributed by atoms with E-state index in [-0.39, 0.29) is 41.9 Å². The van der Waals surface area contributed by atoms with Crippen molar-refractivity contribution in [3.8, 4) is 0 Å². The molecule has 2 aromatic rings. The van der Waals surface area contributed by atoms with Crippen LogP contribution in [0.2, 0.25) is 0 Å². The fourth-order valence-electron chi connectivity index (χ4n) is 3.16. The summed E-state index contributed by atoms with van der Waals surface area (Å²) in [5.41, 5.74) is 0.862. The average molecular weight is 598 g/mol. The van der Waals surface area contributed by atoms with Gasteiger partial charge in [-0.05, 0) is 52.8 Å². The molecule has 12 heteroatoms. The number of esters is 1. The maximum atomic E-state index is 12.7. The average Bonchev–Trinajstić information content (AvgIpc) is 2.82. The number of nitrogens with one attached hydrogen (secondary N) is 3. The van der Waals surface area contributed by atoms with E-state index in [1.54, 1.807) is 42.5 Å². The van der Waals surface area contributed by atoms with E-state index in [9.17, 15) is 22.8 Å². The highest BCUT2D eigenvalue weighted by Gasteiger charge is 2.30. The molecule has 1 aliphatic heterocycles. The number of hydrogen-bond donors (Lipinski definition) is 3. The second kappa shape index (κ2) is 11.4. The Hall–Kier alpha value is -3.00. The van der Waals surface area contributed by atoms with E-state index in [0.717, 1.165) is 0 Å². The van der Waals surface area contributed by atoms with Gasteiger partial charge in [0.1, 0.15) is 4.90 Å². The molecule has 0 aromatic heterocycles. The number of amidine groups is 1. The summed E-state index contributed by atoms with van der Waals surface area (Å²) >= 11 is 1.99. The van der Waals surface area contributed by atoms with Gasteiger partial charge in [0.2, 0.25) is 11.7 Å². The van der Waals surface area contributed by atoms with Crippen molar-refractivity contribution in [2.45, 2.75) is 23.7 Å². The summed E-state index contributed by atoms with van der Waals surface area (Å²) in [6.07, 6.45) is 0.577. The van der Waals surface area contributed by atoms with E-state index < -0.39 is 27.8 Å². The van der Waals surface area contributed by atoms with Crippen molar-refractivity contribution in [3.05, 3.63) is 57.7 Å². The zero-order valence-corrected chi connectivity index (χ0v) is 21.2. The summed E-state index contributed by atoms with van der Waals surface area (Å²) in [6.45, 7) is -0.0942. The van der Waals surface area contributed by atoms with Gasteiger partial charge in [-0.25, -0.2) is 0 Å². The second-order valence-electron chi connectivity index (χ2n) is 7.30. The normalized spacial score (nSPS) is 14.6. The minimum atomic E-state index is -4.05. The van der Waals surface area contributed by atoms with Crippen LogP contribution < -0.4 is 16.0 Å². The summed E-state index contributed by atoms with van der Waals surface area (Å²) in [5, 5.41) is 7.79. The predicted molar refractivity (Wildman–Crippen MR) is 134 cm³/mol. The predicted octanol–water partition coefficient (Wildman–Crippen LogP) is 1.77. The van der Waals surface area contributed by atoms with Crippen molar-refractivity contribution >= 4 is 61.9 Å². The molecule has 2 aromatic carbocycles. The first-order chi connectivity index (χ1) is 16.2. The highest BCUT2D eigenvalue weighted by atomic mass is 127. The molecule has 1 unspecified atom stereocenters. The molecule has 0 saturated heterocycles. The Kier molecular flexibility index (Phi) is 8.61. The van der Waals surface area contributed by atoms with Gasteiger partial charge in [-0.2, -0.15) is 8.42 Å². The fourth-order valence-corrected chi connectivity index (χ4v) is 5.01. The standard InChI is InChI=1S/C22H23IN4O6S/c1-24-19(28)8-5-11-33-22(30)16(14-6-3-2-4-7-14)13-25-21(29)20-26-17-10-9-15(23)12-18(17)34(31,32)27-20/h2-4,6-7,9-10,12,16H,5,8,11,13H2,1H3,(H,24,28)(H,25,29)(H,26,27). The molecule has 3 N–H and O–H groups in total. The van der Waals surface area contributed by atoms with E-state index >= 15 is 0 Å². The second-order valence-corrected chi connectivity index (χ2v) is 10.1. The number of halogens is 1. The van der Waals surface area contributed by atoms with Gasteiger partial charge in [0.15, 0.2) is 0 Å². The third kappa shape index (κ3) is 6.53. The van der Waals surface area contributed by atoms with E-state index in [1.165, 1.54) is 13.1 Å². The Morgan fingerprint density at radius 1 is 1.15 bits per heavy atom. The Bertz CT molecular complexity index is 1220. The molecule has 10 nitrogen and oxygen atoms in total. The van der Waals surface area contributed by atoms with Crippen molar-refractivity contribution in [2.24, 2.45) is 4.40 Å². The topological polar surface area (TPSA) is 143 Å². The van der Waals surface area contributed by atoms with E-state index in [0.29, 0.717) is 15.6 Å². The molecule has 0 aliphatic carbocycles. The lowest BCUT2D eigenvalue weighted by atomic mass is 9.99. The highest BCUT2D eigenvalue weighted by molar-refractivity contribution is 14.1. The van der Waals surface area contributed by atoms with Crippen molar-refractivity contribution in [3.63, 3.8) is 0 Å². The smallest absolute Gasteiger partial charge is 0.315 e. The van der Waals surface area contributed by atoms with Crippen LogP contribution in [0.3, 0.4) is 0 Å². The van der Waals surface area contributed by atoms with Crippen LogP contribution in [0.25, 0.3) is 0 Å². The summed E-state index contributed by atoms with van der Waals surface area (Å²) in [4.78, 5) is 36.8. The maximum absolute atomic E-state index is 12.7. The van der Waals surface area contributed by atoms with Crippen LogP contribution in [-0.4, -0.2) is 52.2 Å². The molecule has 180 valence electrons. The zero-order valence-electron chi connectivity index (χ0n) is 18.2. The van der Waals surface area contributed by atoms with Crippen LogP contribution in [0.1, 0.15) is 24.3 Å². The van der Waals surface area contributed by atoms with Crippen LogP contribution in [0.15, 0.2) is 57.8 Å². The lowest BCUT2D eigenvalue weighted by Crippen LogP contribution is -2.41. The molecular formula is C22H23IN4O6S. The number of amides is 2. The summed E-state index contributed by atoms with van der Waals surface area (Å²) < 4.78 is 34.6. The van der Waals surface area contributed by atoms with Gasteiger partial charge in [0.25, 0.3) is 15.9 Å². The third-order valence-corrected chi connectivity index (χ3v) is 6.91. The number of carbonyl (C=O) groups excluding carboxylic acids is 3. The number of benzene rings is 2. The third-order valence-electron chi connectivity index (χ3n) is 4.93. The van der Waals surface area contributed by atoms with Gasteiger partial charge in [-0.15, -0.1) is 4.40 Å². The van der Waals surface area contributed by atoms with Crippen molar-refractivity contribution in [2.75, 3.05) is 25.5 Å². The number of anilines is 1. The Morgan fingerprint density at radius 2 is 1.88 bits per heavy atom. The van der Waals surface area contributed by atoms with Crippen molar-refractivity contribution in [1.82, 2.24) is 10.6 Å². The fraction of sp³-hybridized carbons (Fsp3) is 0.273. The first kappa shape index (κ1) is 25.6.